The topological polar surface area (TPSA) is 51.1 Å². The van der Waals surface area contributed by atoms with E-state index in [9.17, 15) is 4.57 Å². The summed E-state index contributed by atoms with van der Waals surface area (Å²) in [7, 11) is -0.377. The van der Waals surface area contributed by atoms with E-state index in [1.165, 1.54) is 18.8 Å². The average molecular weight is 291 g/mol. The summed E-state index contributed by atoms with van der Waals surface area (Å²) in [5, 5.41) is 0. The molecule has 0 aromatic carbocycles. The fourth-order valence-corrected chi connectivity index (χ4v) is 3.20. The Morgan fingerprint density at radius 2 is 1.81 bits per heavy atom. The first-order chi connectivity index (χ1) is 7.42. The van der Waals surface area contributed by atoms with E-state index < -0.39 is 12.6 Å². The van der Waals surface area contributed by atoms with Gasteiger partial charge in [-0.1, -0.05) is 23.2 Å². The molecule has 0 N–H and O–H groups in total. The highest BCUT2D eigenvalue weighted by molar-refractivity contribution is 7.52. The van der Waals surface area contributed by atoms with Crippen LogP contribution in [0.1, 0.15) is 13.8 Å². The third kappa shape index (κ3) is 4.22. The molecule has 8 heteroatoms. The number of nitrogens with zero attached hydrogens (tertiary/aromatic N) is 2. The van der Waals surface area contributed by atoms with Crippen molar-refractivity contribution in [1.29, 1.82) is 0 Å². The molecule has 0 fully saturated rings. The van der Waals surface area contributed by atoms with Crippen molar-refractivity contribution in [2.75, 3.05) is 27.3 Å². The normalized spacial score (nSPS) is 13.3. The van der Waals surface area contributed by atoms with Crippen LogP contribution in [0.4, 0.5) is 0 Å². The summed E-state index contributed by atoms with van der Waals surface area (Å²) in [5.74, 6) is 0.244. The molecule has 0 aliphatic rings. The van der Waals surface area contributed by atoms with Crippen molar-refractivity contribution in [3.05, 3.63) is 0 Å². The minimum atomic E-state index is -3.40. The lowest BCUT2D eigenvalue weighted by molar-refractivity contribution is 0.194. The minimum absolute atomic E-state index is 0.244. The third-order valence-electron chi connectivity index (χ3n) is 1.71. The van der Waals surface area contributed by atoms with Crippen LogP contribution < -0.4 is 0 Å². The molecule has 0 amide bonds. The van der Waals surface area contributed by atoms with Crippen molar-refractivity contribution >= 4 is 36.8 Å². The zero-order valence-electron chi connectivity index (χ0n) is 9.81. The van der Waals surface area contributed by atoms with Gasteiger partial charge in [-0.15, -0.1) is 0 Å². The summed E-state index contributed by atoms with van der Waals surface area (Å²) < 4.78 is 23.8. The summed E-state index contributed by atoms with van der Waals surface area (Å²) in [6, 6.07) is 0. The highest BCUT2D eigenvalue weighted by atomic mass is 35.5. The minimum Gasteiger partial charge on any atom is -0.292 e. The van der Waals surface area contributed by atoms with E-state index in [4.69, 9.17) is 32.2 Å². The Bertz CT molecular complexity index is 276. The van der Waals surface area contributed by atoms with E-state index in [1.807, 2.05) is 0 Å². The Labute approximate surface area is 106 Å². The predicted molar refractivity (Wildman–Crippen MR) is 67.5 cm³/mol. The lowest BCUT2D eigenvalue weighted by Gasteiger charge is -2.28. The van der Waals surface area contributed by atoms with Gasteiger partial charge in [-0.2, -0.15) is 0 Å². The van der Waals surface area contributed by atoms with Gasteiger partial charge in [-0.3, -0.25) is 18.7 Å². The van der Waals surface area contributed by atoms with Crippen LogP contribution in [0.2, 0.25) is 0 Å². The predicted octanol–water partition coefficient (Wildman–Crippen LogP) is 2.93. The lowest BCUT2D eigenvalue weighted by Crippen LogP contribution is -2.30. The largest absolute Gasteiger partial charge is 0.436 e. The maximum absolute atomic E-state index is 12.3. The quantitative estimate of drug-likeness (QED) is 0.327. The van der Waals surface area contributed by atoms with Gasteiger partial charge in [0.05, 0.1) is 13.2 Å². The number of amidine groups is 1. The number of hydrogen-bond acceptors (Lipinski definition) is 4. The number of alkyl halides is 2. The highest BCUT2D eigenvalue weighted by Gasteiger charge is 2.34. The Hall–Kier alpha value is 0.200. The summed E-state index contributed by atoms with van der Waals surface area (Å²) in [5.41, 5.74) is 0. The zero-order valence-corrected chi connectivity index (χ0v) is 12.2. The van der Waals surface area contributed by atoms with Crippen LogP contribution in [0.25, 0.3) is 0 Å². The van der Waals surface area contributed by atoms with Crippen LogP contribution in [-0.4, -0.2) is 42.7 Å². The second-order valence-corrected chi connectivity index (χ2v) is 5.86. The molecule has 5 nitrogen and oxygen atoms in total. The molecule has 0 atom stereocenters. The molecule has 0 radical (unpaired) electrons. The number of aliphatic imine (C=N–C) groups is 1. The summed E-state index contributed by atoms with van der Waals surface area (Å²) in [6.07, 6.45) is 0. The Kier molecular flexibility index (Phi) is 7.61. The van der Waals surface area contributed by atoms with Crippen molar-refractivity contribution < 1.29 is 13.6 Å². The van der Waals surface area contributed by atoms with Gasteiger partial charge in [-0.25, -0.2) is 4.57 Å². The summed E-state index contributed by atoms with van der Waals surface area (Å²) >= 11 is 11.4. The van der Waals surface area contributed by atoms with E-state index in [0.29, 0.717) is 0 Å². The Balaban J connectivity index is 5.00. The van der Waals surface area contributed by atoms with Crippen LogP contribution >= 0.6 is 30.9 Å². The molecule has 0 unspecified atom stereocenters. The number of halogens is 2. The van der Waals surface area contributed by atoms with E-state index in [-0.39, 0.29) is 19.0 Å². The Morgan fingerprint density at radius 1 is 1.38 bits per heavy atom. The van der Waals surface area contributed by atoms with Crippen molar-refractivity contribution in [1.82, 2.24) is 4.67 Å². The van der Waals surface area contributed by atoms with Gasteiger partial charge in [0, 0.05) is 14.1 Å². The van der Waals surface area contributed by atoms with Gasteiger partial charge in [-0.05, 0) is 13.8 Å². The molecule has 0 heterocycles. The van der Waals surface area contributed by atoms with Crippen LogP contribution in [0.15, 0.2) is 4.99 Å². The monoisotopic (exact) mass is 290 g/mol. The molecular formula is C8H17Cl2N2O3P. The molecule has 0 rings (SSSR count). The molecule has 96 valence electrons. The third-order valence-corrected chi connectivity index (χ3v) is 4.21. The zero-order chi connectivity index (χ0) is 12.8. The van der Waals surface area contributed by atoms with Gasteiger partial charge in [0.15, 0.2) is 4.84 Å². The van der Waals surface area contributed by atoms with E-state index in [1.54, 1.807) is 13.8 Å². The molecule has 0 aliphatic carbocycles. The second-order valence-electron chi connectivity index (χ2n) is 2.71. The second kappa shape index (κ2) is 7.51. The maximum atomic E-state index is 12.3. The van der Waals surface area contributed by atoms with E-state index >= 15 is 0 Å². The van der Waals surface area contributed by atoms with Crippen molar-refractivity contribution in [2.24, 2.45) is 4.99 Å². The number of rotatable bonds is 6. The molecule has 0 spiro atoms. The fraction of sp³-hybridized carbons (Fsp3) is 0.875. The highest BCUT2D eigenvalue weighted by Crippen LogP contribution is 2.51. The first-order valence-corrected chi connectivity index (χ1v) is 7.17. The van der Waals surface area contributed by atoms with Crippen LogP contribution in [0.3, 0.4) is 0 Å². The molecule has 16 heavy (non-hydrogen) atoms. The number of hydrogen-bond donors (Lipinski definition) is 0. The molecule has 0 aliphatic heterocycles. The van der Waals surface area contributed by atoms with Crippen molar-refractivity contribution in [3.8, 4) is 0 Å². The Morgan fingerprint density at radius 3 is 2.06 bits per heavy atom. The maximum Gasteiger partial charge on any atom is 0.436 e. The summed E-state index contributed by atoms with van der Waals surface area (Å²) in [4.78, 5) is 2.98. The summed E-state index contributed by atoms with van der Waals surface area (Å²) in [6.45, 7) is 3.96. The van der Waals surface area contributed by atoms with Crippen LogP contribution in [0.5, 0.6) is 0 Å². The van der Waals surface area contributed by atoms with E-state index in [0.717, 1.165) is 0 Å². The fourth-order valence-electron chi connectivity index (χ4n) is 1.05. The molecule has 0 saturated heterocycles. The van der Waals surface area contributed by atoms with Gasteiger partial charge in [0.25, 0.3) is 0 Å². The molecule has 0 aromatic rings. The van der Waals surface area contributed by atoms with Gasteiger partial charge in [0.1, 0.15) is 5.84 Å². The van der Waals surface area contributed by atoms with E-state index in [2.05, 4.69) is 4.99 Å². The SMILES string of the molecule is CCOP(=O)(OCC)N(C)C(=NC)C(Cl)Cl. The van der Waals surface area contributed by atoms with Gasteiger partial charge in [0.2, 0.25) is 0 Å². The molecular weight excluding hydrogens is 274 g/mol. The van der Waals surface area contributed by atoms with Crippen molar-refractivity contribution in [2.45, 2.75) is 18.7 Å². The first kappa shape index (κ1) is 16.2. The van der Waals surface area contributed by atoms with Gasteiger partial charge < -0.3 is 0 Å². The van der Waals surface area contributed by atoms with Gasteiger partial charge >= 0.3 is 7.75 Å². The van der Waals surface area contributed by atoms with Crippen LogP contribution in [0, 0.1) is 0 Å². The smallest absolute Gasteiger partial charge is 0.292 e. The van der Waals surface area contributed by atoms with Crippen molar-refractivity contribution in [3.63, 3.8) is 0 Å². The molecule has 0 aromatic heterocycles. The van der Waals surface area contributed by atoms with Crippen LogP contribution in [-0.2, 0) is 13.6 Å². The first-order valence-electron chi connectivity index (χ1n) is 4.81. The molecule has 0 bridgehead atoms. The standard InChI is InChI=1S/C8H17Cl2N2O3P/c1-5-14-16(13,15-6-2)12(4)8(11-3)7(9)10/h7H,5-6H2,1-4H3. The molecule has 0 saturated carbocycles. The average Bonchev–Trinajstić information content (AvgIpc) is 2.18. The lowest BCUT2D eigenvalue weighted by atomic mass is 10.7.